The lowest BCUT2D eigenvalue weighted by molar-refractivity contribution is -0.132. The molecule has 0 atom stereocenters. The maximum absolute atomic E-state index is 11.8. The van der Waals surface area contributed by atoms with Crippen molar-refractivity contribution in [3.8, 4) is 0 Å². The molecule has 0 fully saturated rings. The molecular weight excluding hydrogens is 408 g/mol. The Labute approximate surface area is 205 Å². The van der Waals surface area contributed by atoms with Crippen LogP contribution in [0.25, 0.3) is 0 Å². The minimum Gasteiger partial charge on any atom is -0.478 e. The molecule has 1 N–H and O–H groups in total. The van der Waals surface area contributed by atoms with Crippen LogP contribution in [0.1, 0.15) is 111 Å². The molecule has 0 saturated carbocycles. The minimum atomic E-state index is -0.862. The third-order valence-corrected chi connectivity index (χ3v) is 5.44. The van der Waals surface area contributed by atoms with Gasteiger partial charge in [-0.15, -0.1) is 0 Å². The monoisotopic (exact) mass is 460 g/mol. The van der Waals surface area contributed by atoms with Gasteiger partial charge in [0.15, 0.2) is 5.78 Å². The molecule has 0 aromatic heterocycles. The van der Waals surface area contributed by atoms with Crippen LogP contribution < -0.4 is 0 Å². The number of hydrogen-bond donors (Lipinski definition) is 1. The van der Waals surface area contributed by atoms with Gasteiger partial charge in [-0.1, -0.05) is 106 Å². The number of carbonyl (C=O) groups excluding carboxylic acids is 1. The number of carboxylic acid groups (broad SMARTS) is 1. The van der Waals surface area contributed by atoms with Crippen molar-refractivity contribution in [3.05, 3.63) is 46.1 Å². The maximum Gasteiger partial charge on any atom is 0.335 e. The molecule has 0 heterocycles. The first-order chi connectivity index (χ1) is 14.3. The van der Waals surface area contributed by atoms with Crippen LogP contribution >= 0.6 is 0 Å². The van der Waals surface area contributed by atoms with E-state index in [1.54, 1.807) is 19.1 Å². The van der Waals surface area contributed by atoms with Crippen molar-refractivity contribution in [3.63, 3.8) is 0 Å². The van der Waals surface area contributed by atoms with Crippen LogP contribution in [0.2, 0.25) is 0 Å². The van der Waals surface area contributed by atoms with Gasteiger partial charge in [0.1, 0.15) is 0 Å². The van der Waals surface area contributed by atoms with Gasteiger partial charge in [0.25, 0.3) is 0 Å². The molecule has 3 heteroatoms. The van der Waals surface area contributed by atoms with Gasteiger partial charge >= 0.3 is 5.97 Å². The molecular formula is C30H52O3. The van der Waals surface area contributed by atoms with Gasteiger partial charge in [-0.05, 0) is 61.0 Å². The zero-order chi connectivity index (χ0) is 27.2. The molecule has 0 radical (unpaired) electrons. The van der Waals surface area contributed by atoms with Crippen LogP contribution in [0.5, 0.6) is 0 Å². The fourth-order valence-corrected chi connectivity index (χ4v) is 2.75. The van der Waals surface area contributed by atoms with E-state index in [-0.39, 0.29) is 27.4 Å². The molecule has 0 unspecified atom stereocenters. The zero-order valence-electron chi connectivity index (χ0n) is 24.5. The Balaban J connectivity index is 0. The smallest absolute Gasteiger partial charge is 0.335 e. The second-order valence-electron chi connectivity index (χ2n) is 13.3. The number of Topliss-reactive ketones (excluding diaryl/α,β-unsaturated/α-hetero) is 1. The van der Waals surface area contributed by atoms with Crippen LogP contribution in [0, 0.1) is 21.7 Å². The van der Waals surface area contributed by atoms with Crippen molar-refractivity contribution in [2.24, 2.45) is 21.7 Å². The van der Waals surface area contributed by atoms with E-state index in [9.17, 15) is 9.59 Å². The van der Waals surface area contributed by atoms with Gasteiger partial charge in [-0.3, -0.25) is 4.79 Å². The van der Waals surface area contributed by atoms with Crippen molar-refractivity contribution >= 4 is 11.8 Å². The minimum absolute atomic E-state index is 0.00637. The van der Waals surface area contributed by atoms with Crippen LogP contribution in [-0.4, -0.2) is 16.9 Å². The van der Waals surface area contributed by atoms with Gasteiger partial charge in [-0.25, -0.2) is 4.79 Å². The van der Waals surface area contributed by atoms with Gasteiger partial charge in [-0.2, -0.15) is 0 Å². The Bertz CT molecular complexity index is 816. The van der Waals surface area contributed by atoms with E-state index in [2.05, 4.69) is 82.2 Å². The summed E-state index contributed by atoms with van der Waals surface area (Å²) < 4.78 is 0. The molecule has 0 aliphatic heterocycles. The van der Waals surface area contributed by atoms with E-state index in [1.165, 1.54) is 5.57 Å². The highest BCUT2D eigenvalue weighted by molar-refractivity contribution is 5.97. The Morgan fingerprint density at radius 2 is 1.03 bits per heavy atom. The summed E-state index contributed by atoms with van der Waals surface area (Å²) in [4.78, 5) is 22.9. The second kappa shape index (κ2) is 12.0. The molecule has 3 nitrogen and oxygen atoms in total. The predicted molar refractivity (Wildman–Crippen MR) is 144 cm³/mol. The topological polar surface area (TPSA) is 54.4 Å². The molecule has 0 aliphatic carbocycles. The predicted octanol–water partition coefficient (Wildman–Crippen LogP) is 8.97. The highest BCUT2D eigenvalue weighted by atomic mass is 16.4. The molecule has 0 spiro atoms. The Kier molecular flexibility index (Phi) is 12.1. The number of aliphatic carboxylic acids is 1. The van der Waals surface area contributed by atoms with Gasteiger partial charge in [0.2, 0.25) is 0 Å². The summed E-state index contributed by atoms with van der Waals surface area (Å²) in [7, 11) is 0. The summed E-state index contributed by atoms with van der Waals surface area (Å²) in [6.07, 6.45) is 5.65. The molecule has 0 amide bonds. The maximum atomic E-state index is 11.8. The first-order valence-corrected chi connectivity index (χ1v) is 11.9. The van der Waals surface area contributed by atoms with Crippen LogP contribution in [0.3, 0.4) is 0 Å². The lowest BCUT2D eigenvalue weighted by Gasteiger charge is -2.24. The molecule has 0 aliphatic rings. The Morgan fingerprint density at radius 3 is 1.27 bits per heavy atom. The number of carboxylic acids is 1. The average Bonchev–Trinajstić information content (AvgIpc) is 2.54. The summed E-state index contributed by atoms with van der Waals surface area (Å²) in [5.41, 5.74) is 4.74. The SMILES string of the molecule is C/C(=C/C(=C\C(C)(C)C)C(=O)O)C(C)(C)C.CC(=O)C(=C/C(C)(C)C)/C(C)=C(/C)C(C)(C)C. The average molecular weight is 461 g/mol. The lowest BCUT2D eigenvalue weighted by atomic mass is 9.80. The Morgan fingerprint density at radius 1 is 0.636 bits per heavy atom. The van der Waals surface area contributed by atoms with Gasteiger partial charge in [0, 0.05) is 5.57 Å². The summed E-state index contributed by atoms with van der Waals surface area (Å²) in [6, 6.07) is 0. The number of allylic oxidation sites excluding steroid dienone is 6. The first kappa shape index (κ1) is 33.3. The number of rotatable bonds is 4. The number of ketones is 1. The molecule has 0 bridgehead atoms. The summed E-state index contributed by atoms with van der Waals surface area (Å²) in [5, 5.41) is 9.14. The number of hydrogen-bond acceptors (Lipinski definition) is 2. The Hall–Kier alpha value is -1.90. The standard InChI is InChI=1S/C16H28O.C14H24O2/c1-11(12(2)16(7,8)9)14(13(3)17)10-15(4,5)6;1-10(14(5,6)7)8-11(12(15)16)9-13(2,3)4/h10H,1-9H3;8-9H,1-7H3,(H,15,16)/b12-11-,14-10+;10-8-,11-9+. The quantitative estimate of drug-likeness (QED) is 0.336. The fraction of sp³-hybridized carbons (Fsp3) is 0.667. The molecule has 0 rings (SSSR count). The first-order valence-electron chi connectivity index (χ1n) is 11.9. The van der Waals surface area contributed by atoms with E-state index >= 15 is 0 Å². The zero-order valence-corrected chi connectivity index (χ0v) is 24.5. The normalized spacial score (nSPS) is 15.5. The second-order valence-corrected chi connectivity index (χ2v) is 13.3. The van der Waals surface area contributed by atoms with Crippen molar-refractivity contribution in [1.29, 1.82) is 0 Å². The van der Waals surface area contributed by atoms with E-state index in [1.807, 2.05) is 27.7 Å². The van der Waals surface area contributed by atoms with Crippen molar-refractivity contribution in [2.45, 2.75) is 111 Å². The third kappa shape index (κ3) is 14.8. The van der Waals surface area contributed by atoms with Gasteiger partial charge in [0.05, 0.1) is 5.57 Å². The summed E-state index contributed by atoms with van der Waals surface area (Å²) in [6.45, 7) is 32.9. The molecule has 190 valence electrons. The largest absolute Gasteiger partial charge is 0.478 e. The fourth-order valence-electron chi connectivity index (χ4n) is 2.75. The molecule has 0 saturated heterocycles. The van der Waals surface area contributed by atoms with Crippen molar-refractivity contribution in [1.82, 2.24) is 0 Å². The molecule has 0 aromatic rings. The summed E-state index contributed by atoms with van der Waals surface area (Å²) in [5.74, 6) is -0.709. The van der Waals surface area contributed by atoms with E-state index < -0.39 is 5.97 Å². The van der Waals surface area contributed by atoms with Gasteiger partial charge < -0.3 is 5.11 Å². The van der Waals surface area contributed by atoms with Crippen molar-refractivity contribution in [2.75, 3.05) is 0 Å². The van der Waals surface area contributed by atoms with Crippen LogP contribution in [0.15, 0.2) is 46.1 Å². The third-order valence-electron chi connectivity index (χ3n) is 5.44. The molecule has 33 heavy (non-hydrogen) atoms. The lowest BCUT2D eigenvalue weighted by Crippen LogP contribution is -2.13. The van der Waals surface area contributed by atoms with E-state index in [0.29, 0.717) is 5.57 Å². The van der Waals surface area contributed by atoms with E-state index in [0.717, 1.165) is 16.7 Å². The van der Waals surface area contributed by atoms with E-state index in [4.69, 9.17) is 5.11 Å². The summed E-state index contributed by atoms with van der Waals surface area (Å²) >= 11 is 0. The number of carbonyl (C=O) groups is 2. The highest BCUT2D eigenvalue weighted by Gasteiger charge is 2.20. The highest BCUT2D eigenvalue weighted by Crippen LogP contribution is 2.32. The van der Waals surface area contributed by atoms with Crippen LogP contribution in [0.4, 0.5) is 0 Å². The van der Waals surface area contributed by atoms with Crippen molar-refractivity contribution < 1.29 is 14.7 Å². The molecule has 0 aromatic carbocycles. The van der Waals surface area contributed by atoms with Crippen LogP contribution in [-0.2, 0) is 9.59 Å².